The van der Waals surface area contributed by atoms with Gasteiger partial charge in [-0.15, -0.1) is 0 Å². The highest BCUT2D eigenvalue weighted by Crippen LogP contribution is 2.36. The van der Waals surface area contributed by atoms with Gasteiger partial charge >= 0.3 is 0 Å². The molecule has 0 amide bonds. The maximum absolute atomic E-state index is 5.90. The van der Waals surface area contributed by atoms with Gasteiger partial charge in [-0.25, -0.2) is 0 Å². The molecule has 3 nitrogen and oxygen atoms in total. The molecule has 3 unspecified atom stereocenters. The molecular formula is C18H27NO2. The van der Waals surface area contributed by atoms with Crippen molar-refractivity contribution < 1.29 is 9.47 Å². The van der Waals surface area contributed by atoms with Crippen LogP contribution in [-0.2, 0) is 4.74 Å². The van der Waals surface area contributed by atoms with Gasteiger partial charge in [-0.3, -0.25) is 0 Å². The third-order valence-electron chi connectivity index (χ3n) is 4.88. The summed E-state index contributed by atoms with van der Waals surface area (Å²) in [6, 6.07) is 9.04. The number of rotatable bonds is 5. The highest BCUT2D eigenvalue weighted by molar-refractivity contribution is 5.37. The second-order valence-electron chi connectivity index (χ2n) is 6.32. The van der Waals surface area contributed by atoms with Gasteiger partial charge in [0.1, 0.15) is 5.75 Å². The summed E-state index contributed by atoms with van der Waals surface area (Å²) in [6.07, 6.45) is 7.66. The van der Waals surface area contributed by atoms with Crippen LogP contribution in [0.15, 0.2) is 24.3 Å². The van der Waals surface area contributed by atoms with E-state index in [0.717, 1.165) is 31.8 Å². The third-order valence-corrected chi connectivity index (χ3v) is 4.88. The van der Waals surface area contributed by atoms with Crippen molar-refractivity contribution in [1.82, 2.24) is 5.32 Å². The maximum Gasteiger partial charge on any atom is 0.122 e. The lowest BCUT2D eigenvalue weighted by Gasteiger charge is -2.31. The normalized spacial score (nSPS) is 26.7. The zero-order valence-corrected chi connectivity index (χ0v) is 13.0. The van der Waals surface area contributed by atoms with Crippen molar-refractivity contribution in [3.63, 3.8) is 0 Å². The summed E-state index contributed by atoms with van der Waals surface area (Å²) in [6.45, 7) is 1.79. The standard InChI is InChI=1S/C18H27NO2/c1-19-15(13-16-6-4-5-10-20-16)12-14-9-11-21-18-8-3-2-7-17(14)18/h2-3,7-8,14-16,19H,4-6,9-13H2,1H3. The van der Waals surface area contributed by atoms with Crippen LogP contribution in [0.5, 0.6) is 5.75 Å². The molecule has 0 bridgehead atoms. The Labute approximate surface area is 128 Å². The number of ether oxygens (including phenoxy) is 2. The van der Waals surface area contributed by atoms with Crippen molar-refractivity contribution in [2.24, 2.45) is 0 Å². The molecule has 1 saturated heterocycles. The SMILES string of the molecule is CNC(CC1CCCCO1)CC1CCOc2ccccc21. The van der Waals surface area contributed by atoms with Gasteiger partial charge in [-0.1, -0.05) is 18.2 Å². The van der Waals surface area contributed by atoms with Crippen LogP contribution in [-0.4, -0.2) is 32.4 Å². The fourth-order valence-electron chi connectivity index (χ4n) is 3.65. The van der Waals surface area contributed by atoms with Crippen molar-refractivity contribution in [3.05, 3.63) is 29.8 Å². The summed E-state index contributed by atoms with van der Waals surface area (Å²) < 4.78 is 11.7. The van der Waals surface area contributed by atoms with E-state index in [4.69, 9.17) is 9.47 Å². The molecule has 0 aliphatic carbocycles. The van der Waals surface area contributed by atoms with Gasteiger partial charge in [0, 0.05) is 12.6 Å². The number of hydrogen-bond donors (Lipinski definition) is 1. The van der Waals surface area contributed by atoms with Crippen LogP contribution in [0.25, 0.3) is 0 Å². The van der Waals surface area contributed by atoms with Gasteiger partial charge in [-0.05, 0) is 63.1 Å². The monoisotopic (exact) mass is 289 g/mol. The fourth-order valence-corrected chi connectivity index (χ4v) is 3.65. The Balaban J connectivity index is 1.61. The minimum atomic E-state index is 0.450. The Hall–Kier alpha value is -1.06. The first-order chi connectivity index (χ1) is 10.4. The van der Waals surface area contributed by atoms with Gasteiger partial charge in [0.2, 0.25) is 0 Å². The first kappa shape index (κ1) is 14.9. The zero-order valence-electron chi connectivity index (χ0n) is 13.0. The Morgan fingerprint density at radius 2 is 2.05 bits per heavy atom. The molecule has 2 aliphatic heterocycles. The molecule has 1 fully saturated rings. The van der Waals surface area contributed by atoms with Gasteiger partial charge < -0.3 is 14.8 Å². The number of para-hydroxylation sites is 1. The van der Waals surface area contributed by atoms with Crippen LogP contribution in [0.3, 0.4) is 0 Å². The van der Waals surface area contributed by atoms with Gasteiger partial charge in [-0.2, -0.15) is 0 Å². The van der Waals surface area contributed by atoms with Crippen molar-refractivity contribution in [1.29, 1.82) is 0 Å². The molecule has 21 heavy (non-hydrogen) atoms. The molecule has 1 aromatic rings. The summed E-state index contributed by atoms with van der Waals surface area (Å²) in [7, 11) is 2.08. The molecule has 0 saturated carbocycles. The summed E-state index contributed by atoms with van der Waals surface area (Å²) in [5.74, 6) is 1.69. The minimum absolute atomic E-state index is 0.450. The van der Waals surface area contributed by atoms with Crippen LogP contribution in [0, 0.1) is 0 Å². The van der Waals surface area contributed by atoms with E-state index in [1.165, 1.54) is 31.2 Å². The average Bonchev–Trinajstić information content (AvgIpc) is 2.55. The smallest absolute Gasteiger partial charge is 0.122 e. The number of hydrogen-bond acceptors (Lipinski definition) is 3. The van der Waals surface area contributed by atoms with Crippen LogP contribution in [0.4, 0.5) is 0 Å². The lowest BCUT2D eigenvalue weighted by Crippen LogP contribution is -2.34. The highest BCUT2D eigenvalue weighted by atomic mass is 16.5. The average molecular weight is 289 g/mol. The Kier molecular flexibility index (Phi) is 5.15. The van der Waals surface area contributed by atoms with Crippen molar-refractivity contribution in [2.45, 2.75) is 56.6 Å². The van der Waals surface area contributed by atoms with E-state index < -0.39 is 0 Å². The lowest BCUT2D eigenvalue weighted by molar-refractivity contribution is 0.00454. The van der Waals surface area contributed by atoms with E-state index in [0.29, 0.717) is 18.1 Å². The first-order valence-corrected chi connectivity index (χ1v) is 8.37. The Morgan fingerprint density at radius 3 is 2.86 bits per heavy atom. The second-order valence-corrected chi connectivity index (χ2v) is 6.32. The summed E-state index contributed by atoms with van der Waals surface area (Å²) >= 11 is 0. The van der Waals surface area contributed by atoms with Crippen LogP contribution < -0.4 is 10.1 Å². The van der Waals surface area contributed by atoms with E-state index in [9.17, 15) is 0 Å². The van der Waals surface area contributed by atoms with Crippen LogP contribution >= 0.6 is 0 Å². The molecule has 2 heterocycles. The molecular weight excluding hydrogens is 262 g/mol. The van der Waals surface area contributed by atoms with E-state index in [-0.39, 0.29) is 0 Å². The molecule has 116 valence electrons. The molecule has 0 aromatic heterocycles. The Bertz CT molecular complexity index is 443. The minimum Gasteiger partial charge on any atom is -0.493 e. The predicted molar refractivity (Wildman–Crippen MR) is 85.0 cm³/mol. The van der Waals surface area contributed by atoms with Gasteiger partial charge in [0.15, 0.2) is 0 Å². The fraction of sp³-hybridized carbons (Fsp3) is 0.667. The number of benzene rings is 1. The summed E-state index contributed by atoms with van der Waals surface area (Å²) in [5.41, 5.74) is 1.38. The Morgan fingerprint density at radius 1 is 1.14 bits per heavy atom. The summed E-state index contributed by atoms with van der Waals surface area (Å²) in [4.78, 5) is 0. The van der Waals surface area contributed by atoms with Crippen molar-refractivity contribution >= 4 is 0 Å². The lowest BCUT2D eigenvalue weighted by atomic mass is 9.85. The largest absolute Gasteiger partial charge is 0.493 e. The molecule has 2 aliphatic rings. The predicted octanol–water partition coefficient (Wildman–Crippen LogP) is 3.49. The molecule has 3 heteroatoms. The topological polar surface area (TPSA) is 30.5 Å². The molecule has 0 spiro atoms. The summed E-state index contributed by atoms with van der Waals surface area (Å²) in [5, 5.41) is 3.51. The second kappa shape index (κ2) is 7.28. The molecule has 3 atom stereocenters. The maximum atomic E-state index is 5.90. The van der Waals surface area contributed by atoms with E-state index in [1.807, 2.05) is 0 Å². The zero-order chi connectivity index (χ0) is 14.5. The van der Waals surface area contributed by atoms with E-state index >= 15 is 0 Å². The van der Waals surface area contributed by atoms with E-state index in [1.54, 1.807) is 0 Å². The van der Waals surface area contributed by atoms with Crippen LogP contribution in [0.1, 0.15) is 50.0 Å². The molecule has 1 N–H and O–H groups in total. The van der Waals surface area contributed by atoms with Crippen LogP contribution in [0.2, 0.25) is 0 Å². The molecule has 0 radical (unpaired) electrons. The quantitative estimate of drug-likeness (QED) is 0.900. The van der Waals surface area contributed by atoms with Gasteiger partial charge in [0.05, 0.1) is 12.7 Å². The first-order valence-electron chi connectivity index (χ1n) is 8.37. The van der Waals surface area contributed by atoms with Gasteiger partial charge in [0.25, 0.3) is 0 Å². The molecule has 1 aromatic carbocycles. The molecule has 3 rings (SSSR count). The highest BCUT2D eigenvalue weighted by Gasteiger charge is 2.26. The third kappa shape index (κ3) is 3.78. The van der Waals surface area contributed by atoms with Crippen molar-refractivity contribution in [2.75, 3.05) is 20.3 Å². The number of nitrogens with one attached hydrogen (secondary N) is 1. The van der Waals surface area contributed by atoms with Crippen molar-refractivity contribution in [3.8, 4) is 5.75 Å². The van der Waals surface area contributed by atoms with E-state index in [2.05, 4.69) is 36.6 Å². The number of fused-ring (bicyclic) bond motifs is 1.